The van der Waals surface area contributed by atoms with Crippen LogP contribution in [0.1, 0.15) is 27.2 Å². The van der Waals surface area contributed by atoms with E-state index in [4.69, 9.17) is 21.1 Å². The van der Waals surface area contributed by atoms with Crippen LogP contribution in [0.4, 0.5) is 0 Å². The third-order valence-electron chi connectivity index (χ3n) is 1.90. The minimum atomic E-state index is -1.23. The third kappa shape index (κ3) is 9.17. The van der Waals surface area contributed by atoms with Gasteiger partial charge in [0.2, 0.25) is 0 Å². The number of carboxylic acids is 2. The Hall–Kier alpha value is -1.14. The summed E-state index contributed by atoms with van der Waals surface area (Å²) in [7, 11) is 0. The first-order chi connectivity index (χ1) is 6.73. The summed E-state index contributed by atoms with van der Waals surface area (Å²) >= 11 is 0. The predicted octanol–water partition coefficient (Wildman–Crippen LogP) is -0.104. The molecule has 6 heteroatoms. The largest absolute Gasteiger partial charge is 0.480 e. The topological polar surface area (TPSA) is 121 Å². The fourth-order valence-corrected chi connectivity index (χ4v) is 0.497. The highest BCUT2D eigenvalue weighted by molar-refractivity contribution is 5.73. The third-order valence-corrected chi connectivity index (χ3v) is 1.90. The summed E-state index contributed by atoms with van der Waals surface area (Å²) in [6.07, 6.45) is -0.419. The Morgan fingerprint density at radius 2 is 1.53 bits per heavy atom. The van der Waals surface area contributed by atoms with Crippen LogP contribution < -0.4 is 5.73 Å². The quantitative estimate of drug-likeness (QED) is 0.526. The van der Waals surface area contributed by atoms with Crippen LogP contribution in [0.25, 0.3) is 0 Å². The number of hydrogen-bond acceptors (Lipinski definition) is 4. The maximum atomic E-state index is 10.2. The van der Waals surface area contributed by atoms with Crippen LogP contribution in [0.5, 0.6) is 0 Å². The summed E-state index contributed by atoms with van der Waals surface area (Å²) in [5.41, 5.74) is 5.27. The lowest BCUT2D eigenvalue weighted by Gasteiger charge is -2.11. The normalized spacial score (nSPS) is 15.5. The molecule has 0 aromatic rings. The fourth-order valence-electron chi connectivity index (χ4n) is 0.497. The summed E-state index contributed by atoms with van der Waals surface area (Å²) in [5, 5.41) is 24.1. The molecular formula is C9H19NO5. The molecule has 0 aliphatic rings. The Balaban J connectivity index is 0. The van der Waals surface area contributed by atoms with Crippen LogP contribution in [0.2, 0.25) is 0 Å². The average Bonchev–Trinajstić information content (AvgIpc) is 2.16. The van der Waals surface area contributed by atoms with E-state index in [2.05, 4.69) is 0 Å². The summed E-state index contributed by atoms with van der Waals surface area (Å²) in [6.45, 7) is 4.95. The first kappa shape index (κ1) is 16.3. The van der Waals surface area contributed by atoms with Crippen molar-refractivity contribution in [3.63, 3.8) is 0 Å². The molecule has 90 valence electrons. The molecular weight excluding hydrogens is 202 g/mol. The molecule has 1 unspecified atom stereocenters. The van der Waals surface area contributed by atoms with Crippen molar-refractivity contribution >= 4 is 11.9 Å². The number of aliphatic hydroxyl groups excluding tert-OH is 1. The zero-order valence-corrected chi connectivity index (χ0v) is 9.17. The summed E-state index contributed by atoms with van der Waals surface area (Å²) in [6, 6.07) is -0.699. The number of aliphatic carboxylic acids is 2. The second-order valence-corrected chi connectivity index (χ2v) is 3.26. The lowest BCUT2D eigenvalue weighted by Crippen LogP contribution is -2.36. The van der Waals surface area contributed by atoms with Crippen molar-refractivity contribution in [2.45, 2.75) is 39.3 Å². The SMILES string of the molecule is CC(O)C(=O)O.CC[C@H](C)[C@H](N)C(=O)O. The highest BCUT2D eigenvalue weighted by Crippen LogP contribution is 2.04. The van der Waals surface area contributed by atoms with E-state index in [1.807, 2.05) is 13.8 Å². The number of aliphatic hydroxyl groups is 1. The summed E-state index contributed by atoms with van der Waals surface area (Å²) < 4.78 is 0. The van der Waals surface area contributed by atoms with E-state index in [-0.39, 0.29) is 5.92 Å². The molecule has 5 N–H and O–H groups in total. The second-order valence-electron chi connectivity index (χ2n) is 3.26. The molecule has 0 aliphatic heterocycles. The first-order valence-electron chi connectivity index (χ1n) is 4.63. The molecule has 0 heterocycles. The van der Waals surface area contributed by atoms with Crippen molar-refractivity contribution in [2.75, 3.05) is 0 Å². The van der Waals surface area contributed by atoms with Gasteiger partial charge in [0, 0.05) is 0 Å². The van der Waals surface area contributed by atoms with Gasteiger partial charge in [-0.3, -0.25) is 4.79 Å². The lowest BCUT2D eigenvalue weighted by atomic mass is 10.0. The van der Waals surface area contributed by atoms with E-state index >= 15 is 0 Å². The van der Waals surface area contributed by atoms with Crippen LogP contribution in [-0.4, -0.2) is 39.4 Å². The second kappa shape index (κ2) is 8.19. The van der Waals surface area contributed by atoms with E-state index in [0.29, 0.717) is 0 Å². The molecule has 0 saturated heterocycles. The van der Waals surface area contributed by atoms with Crippen LogP contribution in [0.3, 0.4) is 0 Å². The number of rotatable bonds is 4. The van der Waals surface area contributed by atoms with Crippen LogP contribution in [-0.2, 0) is 9.59 Å². The maximum absolute atomic E-state index is 10.2. The van der Waals surface area contributed by atoms with E-state index in [1.165, 1.54) is 6.92 Å². The molecule has 3 atom stereocenters. The van der Waals surface area contributed by atoms with Gasteiger partial charge in [-0.15, -0.1) is 0 Å². The van der Waals surface area contributed by atoms with Crippen LogP contribution in [0.15, 0.2) is 0 Å². The molecule has 0 fully saturated rings. The molecule has 6 nitrogen and oxygen atoms in total. The smallest absolute Gasteiger partial charge is 0.332 e. The Kier molecular flexibility index (Phi) is 8.90. The number of nitrogens with two attached hydrogens (primary N) is 1. The van der Waals surface area contributed by atoms with Crippen molar-refractivity contribution in [1.82, 2.24) is 0 Å². The van der Waals surface area contributed by atoms with Crippen LogP contribution >= 0.6 is 0 Å². The molecule has 0 aliphatic carbocycles. The van der Waals surface area contributed by atoms with Crippen LogP contribution in [0, 0.1) is 5.92 Å². The Morgan fingerprint density at radius 1 is 1.20 bits per heavy atom. The summed E-state index contributed by atoms with van der Waals surface area (Å²) in [5.74, 6) is -2.03. The predicted molar refractivity (Wildman–Crippen MR) is 54.4 cm³/mol. The molecule has 0 aromatic heterocycles. The van der Waals surface area contributed by atoms with E-state index in [1.54, 1.807) is 0 Å². The fraction of sp³-hybridized carbons (Fsp3) is 0.778. The number of carboxylic acid groups (broad SMARTS) is 2. The van der Waals surface area contributed by atoms with E-state index < -0.39 is 24.1 Å². The van der Waals surface area contributed by atoms with Gasteiger partial charge in [0.15, 0.2) is 0 Å². The van der Waals surface area contributed by atoms with Gasteiger partial charge in [-0.2, -0.15) is 0 Å². The number of carbonyl (C=O) groups is 2. The maximum Gasteiger partial charge on any atom is 0.332 e. The van der Waals surface area contributed by atoms with Gasteiger partial charge in [0.1, 0.15) is 12.1 Å². The van der Waals surface area contributed by atoms with Gasteiger partial charge in [-0.1, -0.05) is 20.3 Å². The molecule has 0 saturated carbocycles. The van der Waals surface area contributed by atoms with Gasteiger partial charge in [0.25, 0.3) is 0 Å². The molecule has 15 heavy (non-hydrogen) atoms. The van der Waals surface area contributed by atoms with Gasteiger partial charge in [-0.25, -0.2) is 4.79 Å². The minimum Gasteiger partial charge on any atom is -0.480 e. The van der Waals surface area contributed by atoms with Crippen molar-refractivity contribution < 1.29 is 24.9 Å². The van der Waals surface area contributed by atoms with E-state index in [9.17, 15) is 9.59 Å². The minimum absolute atomic E-state index is 0.0718. The molecule has 0 radical (unpaired) electrons. The first-order valence-corrected chi connectivity index (χ1v) is 4.63. The molecule has 0 aromatic carbocycles. The Bertz CT molecular complexity index is 205. The highest BCUT2D eigenvalue weighted by Gasteiger charge is 2.17. The monoisotopic (exact) mass is 221 g/mol. The average molecular weight is 221 g/mol. The van der Waals surface area contributed by atoms with Crippen molar-refractivity contribution in [1.29, 1.82) is 0 Å². The van der Waals surface area contributed by atoms with Crippen molar-refractivity contribution in [3.05, 3.63) is 0 Å². The molecule has 0 bridgehead atoms. The molecule has 0 rings (SSSR count). The standard InChI is InChI=1S/C6H13NO2.C3H6O3/c1-3-4(2)5(7)6(8)9;1-2(4)3(5)6/h4-5H,3,7H2,1-2H3,(H,8,9);2,4H,1H3,(H,5,6)/t4-,5-;/m0./s1. The van der Waals surface area contributed by atoms with Gasteiger partial charge < -0.3 is 21.1 Å². The van der Waals surface area contributed by atoms with Crippen molar-refractivity contribution in [3.8, 4) is 0 Å². The van der Waals surface area contributed by atoms with Gasteiger partial charge in [0.05, 0.1) is 0 Å². The summed E-state index contributed by atoms with van der Waals surface area (Å²) in [4.78, 5) is 19.6. The zero-order valence-electron chi connectivity index (χ0n) is 9.17. The molecule has 0 spiro atoms. The lowest BCUT2D eigenvalue weighted by molar-refractivity contribution is -0.145. The van der Waals surface area contributed by atoms with Crippen molar-refractivity contribution in [2.24, 2.45) is 11.7 Å². The Labute approximate surface area is 88.7 Å². The van der Waals surface area contributed by atoms with Gasteiger partial charge in [-0.05, 0) is 12.8 Å². The van der Waals surface area contributed by atoms with E-state index in [0.717, 1.165) is 6.42 Å². The Morgan fingerprint density at radius 3 is 1.60 bits per heavy atom. The number of hydrogen-bond donors (Lipinski definition) is 4. The highest BCUT2D eigenvalue weighted by atomic mass is 16.4. The molecule has 0 amide bonds. The zero-order chi connectivity index (χ0) is 12.6. The van der Waals surface area contributed by atoms with Gasteiger partial charge >= 0.3 is 11.9 Å².